The monoisotopic (exact) mass is 456 g/mol. The van der Waals surface area contributed by atoms with Gasteiger partial charge in [-0.05, 0) is 57.1 Å². The van der Waals surface area contributed by atoms with Gasteiger partial charge in [0, 0.05) is 44.8 Å². The van der Waals surface area contributed by atoms with Crippen molar-refractivity contribution in [2.45, 2.75) is 45.2 Å². The Morgan fingerprint density at radius 1 is 1.15 bits per heavy atom. The zero-order valence-electron chi connectivity index (χ0n) is 20.1. The third-order valence-corrected chi connectivity index (χ3v) is 7.14. The van der Waals surface area contributed by atoms with E-state index in [1.54, 1.807) is 11.6 Å². The Labute approximate surface area is 194 Å². The van der Waals surface area contributed by atoms with Crippen molar-refractivity contribution < 1.29 is 9.59 Å². The highest BCUT2D eigenvalue weighted by Gasteiger charge is 2.32. The summed E-state index contributed by atoms with van der Waals surface area (Å²) in [6.45, 7) is 9.60. The number of rotatable bonds is 7. The van der Waals surface area contributed by atoms with Crippen molar-refractivity contribution in [3.05, 3.63) is 28.7 Å². The quantitative estimate of drug-likeness (QED) is 0.479. The molecule has 0 aliphatic carbocycles. The Kier molecular flexibility index (Phi) is 6.90. The number of carbonyl (C=O) groups excluding carboxylic acids is 2. The van der Waals surface area contributed by atoms with Crippen LogP contribution in [0.15, 0.2) is 23.0 Å². The molecule has 1 aromatic heterocycles. The Balaban J connectivity index is 1.60. The van der Waals surface area contributed by atoms with Crippen molar-refractivity contribution in [1.82, 2.24) is 24.7 Å². The maximum absolute atomic E-state index is 13.0. The van der Waals surface area contributed by atoms with E-state index in [4.69, 9.17) is 0 Å². The number of piperidine rings is 1. The molecule has 2 aliphatic rings. The normalized spacial score (nSPS) is 22.4. The molecule has 0 bridgehead atoms. The second kappa shape index (κ2) is 9.69. The minimum atomic E-state index is -0.656. The van der Waals surface area contributed by atoms with E-state index in [0.717, 1.165) is 55.9 Å². The minimum Gasteiger partial charge on any atom is -0.369 e. The van der Waals surface area contributed by atoms with E-state index in [9.17, 15) is 14.4 Å². The number of piperazine rings is 1. The van der Waals surface area contributed by atoms with E-state index in [1.807, 2.05) is 13.1 Å². The van der Waals surface area contributed by atoms with E-state index >= 15 is 0 Å². The van der Waals surface area contributed by atoms with Gasteiger partial charge < -0.3 is 10.2 Å². The Morgan fingerprint density at radius 3 is 2.64 bits per heavy atom. The van der Waals surface area contributed by atoms with Crippen molar-refractivity contribution in [3.63, 3.8) is 0 Å². The van der Waals surface area contributed by atoms with Crippen LogP contribution in [0.1, 0.15) is 39.2 Å². The van der Waals surface area contributed by atoms with Gasteiger partial charge >= 0.3 is 5.69 Å². The molecule has 2 N–H and O–H groups in total. The van der Waals surface area contributed by atoms with E-state index in [-0.39, 0.29) is 18.0 Å². The van der Waals surface area contributed by atoms with Gasteiger partial charge in [0.1, 0.15) is 6.04 Å². The lowest BCUT2D eigenvalue weighted by Crippen LogP contribution is -2.55. The van der Waals surface area contributed by atoms with E-state index in [2.05, 4.69) is 46.4 Å². The summed E-state index contributed by atoms with van der Waals surface area (Å²) in [7, 11) is 3.74. The molecule has 33 heavy (non-hydrogen) atoms. The van der Waals surface area contributed by atoms with E-state index in [0.29, 0.717) is 18.4 Å². The van der Waals surface area contributed by atoms with Crippen molar-refractivity contribution in [2.24, 2.45) is 13.0 Å². The highest BCUT2D eigenvalue weighted by Crippen LogP contribution is 2.28. The number of amides is 2. The summed E-state index contributed by atoms with van der Waals surface area (Å²) >= 11 is 0. The fourth-order valence-electron chi connectivity index (χ4n) is 5.23. The van der Waals surface area contributed by atoms with Gasteiger partial charge in [-0.3, -0.25) is 28.9 Å². The first kappa shape index (κ1) is 23.5. The molecule has 0 unspecified atom stereocenters. The summed E-state index contributed by atoms with van der Waals surface area (Å²) in [6, 6.07) is 5.88. The Morgan fingerprint density at radius 2 is 1.94 bits per heavy atom. The SMILES string of the molecule is CNCCCN1CCN(c2ccc3c(c2)n(C)c(=O)n3[C@@H]2CCC(=O)NC2=O)C[C@@H]1C(C)C. The van der Waals surface area contributed by atoms with E-state index < -0.39 is 11.9 Å². The Bertz CT molecular complexity index is 1090. The lowest BCUT2D eigenvalue weighted by molar-refractivity contribution is -0.135. The van der Waals surface area contributed by atoms with Gasteiger partial charge in [0.05, 0.1) is 11.0 Å². The molecule has 0 saturated carbocycles. The lowest BCUT2D eigenvalue weighted by Gasteiger charge is -2.44. The number of hydrogen-bond acceptors (Lipinski definition) is 6. The number of anilines is 1. The predicted molar refractivity (Wildman–Crippen MR) is 130 cm³/mol. The number of nitrogens with one attached hydrogen (secondary N) is 2. The third kappa shape index (κ3) is 4.56. The van der Waals surface area contributed by atoms with Crippen LogP contribution < -0.4 is 21.2 Å². The van der Waals surface area contributed by atoms with Crippen molar-refractivity contribution >= 4 is 28.5 Å². The molecule has 9 heteroatoms. The van der Waals surface area contributed by atoms with Crippen molar-refractivity contribution in [1.29, 1.82) is 0 Å². The molecule has 2 atom stereocenters. The highest BCUT2D eigenvalue weighted by atomic mass is 16.2. The number of carbonyl (C=O) groups is 2. The van der Waals surface area contributed by atoms with E-state index in [1.165, 1.54) is 4.57 Å². The molecule has 2 saturated heterocycles. The van der Waals surface area contributed by atoms with Crippen LogP contribution in [0.4, 0.5) is 5.69 Å². The molecule has 2 aliphatic heterocycles. The summed E-state index contributed by atoms with van der Waals surface area (Å²) in [6.07, 6.45) is 1.73. The standard InChI is InChI=1S/C24H36N6O3/c1-16(2)21-15-29(13-12-28(21)11-5-10-25-3)17-6-7-18-20(14-17)27(4)24(33)30(18)19-8-9-22(31)26-23(19)32/h6-7,14,16,19,21,25H,5,8-13,15H2,1-4H3,(H,26,31,32)/t19-,21-/m1/s1. The van der Waals surface area contributed by atoms with Gasteiger partial charge in [0.25, 0.3) is 0 Å². The molecular weight excluding hydrogens is 420 g/mol. The van der Waals surface area contributed by atoms with Crippen LogP contribution >= 0.6 is 0 Å². The Hall–Kier alpha value is -2.65. The second-order valence-corrected chi connectivity index (χ2v) is 9.60. The summed E-state index contributed by atoms with van der Waals surface area (Å²) in [5, 5.41) is 5.60. The number of aromatic nitrogens is 2. The van der Waals surface area contributed by atoms with Gasteiger partial charge in [-0.25, -0.2) is 4.79 Å². The van der Waals surface area contributed by atoms with Gasteiger partial charge in [0.2, 0.25) is 11.8 Å². The number of imide groups is 1. The number of benzene rings is 1. The molecule has 180 valence electrons. The number of imidazole rings is 1. The van der Waals surface area contributed by atoms with Crippen LogP contribution in [0, 0.1) is 5.92 Å². The summed E-state index contributed by atoms with van der Waals surface area (Å²) < 4.78 is 3.15. The first-order chi connectivity index (χ1) is 15.8. The smallest absolute Gasteiger partial charge is 0.329 e. The average molecular weight is 457 g/mol. The molecule has 0 radical (unpaired) electrons. The fourth-order valence-corrected chi connectivity index (χ4v) is 5.23. The zero-order chi connectivity index (χ0) is 23.7. The van der Waals surface area contributed by atoms with Crippen LogP contribution in [0.3, 0.4) is 0 Å². The molecule has 4 rings (SSSR count). The molecule has 3 heterocycles. The van der Waals surface area contributed by atoms with Crippen LogP contribution in [0.25, 0.3) is 11.0 Å². The summed E-state index contributed by atoms with van der Waals surface area (Å²) in [4.78, 5) is 42.0. The predicted octanol–water partition coefficient (Wildman–Crippen LogP) is 1.07. The molecule has 2 aromatic rings. The van der Waals surface area contributed by atoms with Crippen LogP contribution in [0.5, 0.6) is 0 Å². The second-order valence-electron chi connectivity index (χ2n) is 9.60. The van der Waals surface area contributed by atoms with Gasteiger partial charge in [-0.1, -0.05) is 13.8 Å². The topological polar surface area (TPSA) is 91.6 Å². The summed E-state index contributed by atoms with van der Waals surface area (Å²) in [5.41, 5.74) is 2.40. The van der Waals surface area contributed by atoms with Gasteiger partial charge in [0.15, 0.2) is 0 Å². The molecule has 2 fully saturated rings. The van der Waals surface area contributed by atoms with Gasteiger partial charge in [-0.15, -0.1) is 0 Å². The zero-order valence-corrected chi connectivity index (χ0v) is 20.1. The molecular formula is C24H36N6O3. The van der Waals surface area contributed by atoms with Crippen LogP contribution in [-0.4, -0.2) is 71.7 Å². The highest BCUT2D eigenvalue weighted by molar-refractivity contribution is 6.00. The van der Waals surface area contributed by atoms with Crippen molar-refractivity contribution in [2.75, 3.05) is 44.7 Å². The number of hydrogen-bond donors (Lipinski definition) is 2. The fraction of sp³-hybridized carbons (Fsp3) is 0.625. The molecule has 9 nitrogen and oxygen atoms in total. The van der Waals surface area contributed by atoms with Gasteiger partial charge in [-0.2, -0.15) is 0 Å². The van der Waals surface area contributed by atoms with Crippen molar-refractivity contribution in [3.8, 4) is 0 Å². The molecule has 2 amide bonds. The minimum absolute atomic E-state index is 0.231. The molecule has 1 aromatic carbocycles. The summed E-state index contributed by atoms with van der Waals surface area (Å²) in [5.74, 6) is -0.139. The number of aryl methyl sites for hydroxylation is 1. The van der Waals surface area contributed by atoms with Crippen LogP contribution in [-0.2, 0) is 16.6 Å². The number of fused-ring (bicyclic) bond motifs is 1. The first-order valence-electron chi connectivity index (χ1n) is 12.0. The first-order valence-corrected chi connectivity index (χ1v) is 12.0. The lowest BCUT2D eigenvalue weighted by atomic mass is 9.98. The average Bonchev–Trinajstić information content (AvgIpc) is 3.04. The largest absolute Gasteiger partial charge is 0.369 e. The third-order valence-electron chi connectivity index (χ3n) is 7.14. The van der Waals surface area contributed by atoms with Crippen LogP contribution in [0.2, 0.25) is 0 Å². The number of nitrogens with zero attached hydrogens (tertiary/aromatic N) is 4. The maximum Gasteiger partial charge on any atom is 0.329 e. The maximum atomic E-state index is 13.0. The molecule has 0 spiro atoms.